The lowest BCUT2D eigenvalue weighted by atomic mass is 10.2. The summed E-state index contributed by atoms with van der Waals surface area (Å²) in [6.45, 7) is 8.55. The molecule has 0 aliphatic carbocycles. The lowest BCUT2D eigenvalue weighted by Crippen LogP contribution is -2.16. The van der Waals surface area contributed by atoms with Gasteiger partial charge < -0.3 is 14.8 Å². The van der Waals surface area contributed by atoms with Gasteiger partial charge in [0.05, 0.1) is 15.6 Å². The summed E-state index contributed by atoms with van der Waals surface area (Å²) in [4.78, 5) is 0. The van der Waals surface area contributed by atoms with Gasteiger partial charge in [0.2, 0.25) is 0 Å². The largest absolute Gasteiger partial charge is 0.491 e. The average Bonchev–Trinajstić information content (AvgIpc) is 2.49. The van der Waals surface area contributed by atoms with Crippen molar-refractivity contribution in [2.75, 3.05) is 26.4 Å². The highest BCUT2D eigenvalue weighted by molar-refractivity contribution is 9.11. The Bertz CT molecular complexity index is 404. The van der Waals surface area contributed by atoms with E-state index in [1.807, 2.05) is 0 Å². The van der Waals surface area contributed by atoms with Crippen LogP contribution in [0.4, 0.5) is 0 Å². The Morgan fingerprint density at radius 3 is 2.27 bits per heavy atom. The average molecular weight is 437 g/mol. The molecule has 0 atom stereocenters. The first-order valence-corrected chi connectivity index (χ1v) is 9.66. The van der Waals surface area contributed by atoms with E-state index >= 15 is 0 Å². The zero-order chi connectivity index (χ0) is 16.2. The standard InChI is InChI=1S/C17H27Br2NO2/c1-3-5-9-21-10-6-7-20-13-14-11-15(18)17(16(19)12-14)22-8-4-2/h11-12,20H,3-10,13H2,1-2H3. The van der Waals surface area contributed by atoms with E-state index in [4.69, 9.17) is 9.47 Å². The molecule has 0 saturated carbocycles. The lowest BCUT2D eigenvalue weighted by molar-refractivity contribution is 0.129. The van der Waals surface area contributed by atoms with Crippen LogP contribution in [0.25, 0.3) is 0 Å². The highest BCUT2D eigenvalue weighted by Gasteiger charge is 2.08. The topological polar surface area (TPSA) is 30.5 Å². The molecule has 0 radical (unpaired) electrons. The van der Waals surface area contributed by atoms with Gasteiger partial charge in [-0.3, -0.25) is 0 Å². The SMILES string of the molecule is CCCCOCCCNCc1cc(Br)c(OCCC)c(Br)c1. The molecule has 0 bridgehead atoms. The fraction of sp³-hybridized carbons (Fsp3) is 0.647. The van der Waals surface area contributed by atoms with E-state index in [0.717, 1.165) is 66.9 Å². The van der Waals surface area contributed by atoms with Crippen LogP contribution in [0.15, 0.2) is 21.1 Å². The van der Waals surface area contributed by atoms with Gasteiger partial charge in [-0.2, -0.15) is 0 Å². The molecule has 1 N–H and O–H groups in total. The minimum absolute atomic E-state index is 0.729. The number of ether oxygens (including phenoxy) is 2. The van der Waals surface area contributed by atoms with Crippen LogP contribution in [0, 0.1) is 0 Å². The van der Waals surface area contributed by atoms with Crippen LogP contribution >= 0.6 is 31.9 Å². The Morgan fingerprint density at radius 2 is 1.64 bits per heavy atom. The van der Waals surface area contributed by atoms with E-state index in [9.17, 15) is 0 Å². The second kappa shape index (κ2) is 12.3. The molecule has 0 fully saturated rings. The second-order valence-corrected chi connectivity index (χ2v) is 6.94. The van der Waals surface area contributed by atoms with Crippen molar-refractivity contribution in [3.63, 3.8) is 0 Å². The molecule has 0 aliphatic heterocycles. The van der Waals surface area contributed by atoms with E-state index in [1.54, 1.807) is 0 Å². The second-order valence-electron chi connectivity index (χ2n) is 5.23. The number of nitrogens with one attached hydrogen (secondary N) is 1. The van der Waals surface area contributed by atoms with Crippen molar-refractivity contribution < 1.29 is 9.47 Å². The minimum atomic E-state index is 0.729. The van der Waals surface area contributed by atoms with E-state index in [1.165, 1.54) is 12.0 Å². The van der Waals surface area contributed by atoms with Gasteiger partial charge in [0.1, 0.15) is 5.75 Å². The van der Waals surface area contributed by atoms with Crippen LogP contribution < -0.4 is 10.1 Å². The molecule has 0 unspecified atom stereocenters. The van der Waals surface area contributed by atoms with Crippen molar-refractivity contribution in [3.8, 4) is 5.75 Å². The zero-order valence-corrected chi connectivity index (χ0v) is 16.8. The molecule has 126 valence electrons. The first-order chi connectivity index (χ1) is 10.7. The summed E-state index contributed by atoms with van der Waals surface area (Å²) in [5.74, 6) is 0.884. The maximum Gasteiger partial charge on any atom is 0.147 e. The molecule has 0 spiro atoms. The van der Waals surface area contributed by atoms with Gasteiger partial charge in [-0.05, 0) is 75.4 Å². The molecule has 1 aromatic carbocycles. The van der Waals surface area contributed by atoms with E-state index < -0.39 is 0 Å². The van der Waals surface area contributed by atoms with Gasteiger partial charge in [-0.15, -0.1) is 0 Å². The van der Waals surface area contributed by atoms with E-state index in [-0.39, 0.29) is 0 Å². The first-order valence-electron chi connectivity index (χ1n) is 8.08. The normalized spacial score (nSPS) is 10.9. The molecule has 0 aromatic heterocycles. The lowest BCUT2D eigenvalue weighted by Gasteiger charge is -2.12. The molecule has 0 aliphatic rings. The predicted molar refractivity (Wildman–Crippen MR) is 99.7 cm³/mol. The van der Waals surface area contributed by atoms with Crippen molar-refractivity contribution in [1.82, 2.24) is 5.32 Å². The summed E-state index contributed by atoms with van der Waals surface area (Å²) in [5, 5.41) is 3.45. The van der Waals surface area contributed by atoms with Crippen LogP contribution in [0.5, 0.6) is 5.75 Å². The molecule has 3 nitrogen and oxygen atoms in total. The molecule has 5 heteroatoms. The van der Waals surface area contributed by atoms with Gasteiger partial charge in [-0.25, -0.2) is 0 Å². The predicted octanol–water partition coefficient (Wildman–Crippen LogP) is 5.30. The van der Waals surface area contributed by atoms with Gasteiger partial charge in [0.15, 0.2) is 0 Å². The maximum atomic E-state index is 5.73. The Labute approximate surface area is 151 Å². The fourth-order valence-electron chi connectivity index (χ4n) is 1.94. The maximum absolute atomic E-state index is 5.73. The molecule has 0 amide bonds. The number of hydrogen-bond donors (Lipinski definition) is 1. The summed E-state index contributed by atoms with van der Waals surface area (Å²) in [6, 6.07) is 4.22. The fourth-order valence-corrected chi connectivity index (χ4v) is 3.45. The third-order valence-corrected chi connectivity index (χ3v) is 4.30. The number of hydrogen-bond acceptors (Lipinski definition) is 3. The van der Waals surface area contributed by atoms with Gasteiger partial charge in [0.25, 0.3) is 0 Å². The van der Waals surface area contributed by atoms with Crippen molar-refractivity contribution in [2.24, 2.45) is 0 Å². The van der Waals surface area contributed by atoms with Crippen LogP contribution in [0.3, 0.4) is 0 Å². The molecule has 1 rings (SSSR count). The van der Waals surface area contributed by atoms with Gasteiger partial charge in [-0.1, -0.05) is 20.3 Å². The van der Waals surface area contributed by atoms with E-state index in [0.29, 0.717) is 0 Å². The quantitative estimate of drug-likeness (QED) is 0.451. The van der Waals surface area contributed by atoms with Crippen molar-refractivity contribution in [1.29, 1.82) is 0 Å². The third kappa shape index (κ3) is 7.95. The molecule has 0 saturated heterocycles. The molecule has 0 heterocycles. The summed E-state index contributed by atoms with van der Waals surface area (Å²) >= 11 is 7.17. The number of benzene rings is 1. The highest BCUT2D eigenvalue weighted by atomic mass is 79.9. The van der Waals surface area contributed by atoms with Crippen molar-refractivity contribution in [2.45, 2.75) is 46.1 Å². The zero-order valence-electron chi connectivity index (χ0n) is 13.6. The summed E-state index contributed by atoms with van der Waals surface area (Å²) in [7, 11) is 0. The smallest absolute Gasteiger partial charge is 0.147 e. The summed E-state index contributed by atoms with van der Waals surface area (Å²) < 4.78 is 13.3. The van der Waals surface area contributed by atoms with Crippen molar-refractivity contribution in [3.05, 3.63) is 26.6 Å². The number of halogens is 2. The number of rotatable bonds is 12. The Morgan fingerprint density at radius 1 is 0.955 bits per heavy atom. The van der Waals surface area contributed by atoms with Crippen LogP contribution in [0.1, 0.15) is 45.1 Å². The molecular formula is C17H27Br2NO2. The Kier molecular flexibility index (Phi) is 11.2. The van der Waals surface area contributed by atoms with Gasteiger partial charge >= 0.3 is 0 Å². The highest BCUT2D eigenvalue weighted by Crippen LogP contribution is 2.34. The molecular weight excluding hydrogens is 410 g/mol. The van der Waals surface area contributed by atoms with E-state index in [2.05, 4.69) is 63.2 Å². The van der Waals surface area contributed by atoms with Crippen LogP contribution in [0.2, 0.25) is 0 Å². The summed E-state index contributed by atoms with van der Waals surface area (Å²) in [5.41, 5.74) is 1.23. The third-order valence-electron chi connectivity index (χ3n) is 3.12. The first kappa shape index (κ1) is 19.9. The Hall–Kier alpha value is -0.100. The molecule has 22 heavy (non-hydrogen) atoms. The van der Waals surface area contributed by atoms with Crippen molar-refractivity contribution >= 4 is 31.9 Å². The van der Waals surface area contributed by atoms with Gasteiger partial charge in [0, 0.05) is 19.8 Å². The monoisotopic (exact) mass is 435 g/mol. The minimum Gasteiger partial charge on any atom is -0.491 e. The van der Waals surface area contributed by atoms with Crippen LogP contribution in [-0.2, 0) is 11.3 Å². The van der Waals surface area contributed by atoms with Crippen LogP contribution in [-0.4, -0.2) is 26.4 Å². The number of unbranched alkanes of at least 4 members (excludes halogenated alkanes) is 1. The Balaban J connectivity index is 2.28. The molecule has 1 aromatic rings. The summed E-state index contributed by atoms with van der Waals surface area (Å²) in [6.07, 6.45) is 4.40.